The average molecular weight is 217 g/mol. The molecule has 0 aromatic heterocycles. The first kappa shape index (κ1) is 14.5. The van der Waals surface area contributed by atoms with Crippen LogP contribution in [-0.2, 0) is 9.63 Å². The van der Waals surface area contributed by atoms with Gasteiger partial charge in [-0.05, 0) is 0 Å². The predicted molar refractivity (Wildman–Crippen MR) is 50.7 cm³/mol. The van der Waals surface area contributed by atoms with E-state index in [1.807, 2.05) is 0 Å². The maximum absolute atomic E-state index is 10.4. The lowest BCUT2D eigenvalue weighted by Crippen LogP contribution is -2.43. The van der Waals surface area contributed by atoms with Gasteiger partial charge in [0, 0.05) is 33.1 Å². The van der Waals surface area contributed by atoms with Crippen molar-refractivity contribution in [2.24, 2.45) is 0 Å². The second-order valence-electron chi connectivity index (χ2n) is 2.26. The van der Waals surface area contributed by atoms with Gasteiger partial charge in [-0.15, -0.1) is 29.9 Å². The monoisotopic (exact) mass is 216 g/mol. The summed E-state index contributed by atoms with van der Waals surface area (Å²) < 4.78 is 0. The van der Waals surface area contributed by atoms with Crippen molar-refractivity contribution in [3.8, 4) is 0 Å². The van der Waals surface area contributed by atoms with Crippen LogP contribution in [0.1, 0.15) is 6.92 Å². The molecule has 1 heterocycles. The van der Waals surface area contributed by atoms with Crippen molar-refractivity contribution >= 4 is 30.8 Å². The van der Waals surface area contributed by atoms with Crippen LogP contribution in [0.15, 0.2) is 0 Å². The van der Waals surface area contributed by atoms with E-state index in [0.717, 1.165) is 26.2 Å². The molecule has 0 radical (unpaired) electrons. The van der Waals surface area contributed by atoms with Gasteiger partial charge in [0.05, 0.1) is 0 Å². The van der Waals surface area contributed by atoms with Crippen LogP contribution in [0, 0.1) is 0 Å². The highest BCUT2D eigenvalue weighted by molar-refractivity contribution is 5.85. The molecule has 0 unspecified atom stereocenters. The number of nitrogens with one attached hydrogen (secondary N) is 1. The molecule has 12 heavy (non-hydrogen) atoms. The molecule has 1 fully saturated rings. The van der Waals surface area contributed by atoms with Crippen molar-refractivity contribution in [1.82, 2.24) is 10.4 Å². The fourth-order valence-electron chi connectivity index (χ4n) is 0.917. The molecule has 0 amide bonds. The fourth-order valence-corrected chi connectivity index (χ4v) is 0.917. The van der Waals surface area contributed by atoms with Crippen LogP contribution in [0.4, 0.5) is 0 Å². The predicted octanol–water partition coefficient (Wildman–Crippen LogP) is 0.213. The van der Waals surface area contributed by atoms with Crippen LogP contribution in [0.2, 0.25) is 0 Å². The van der Waals surface area contributed by atoms with Gasteiger partial charge in [0.1, 0.15) is 0 Å². The average Bonchev–Trinajstić information content (AvgIpc) is 1.88. The summed E-state index contributed by atoms with van der Waals surface area (Å²) in [7, 11) is 0. The molecule has 1 rings (SSSR count). The minimum Gasteiger partial charge on any atom is -0.368 e. The summed E-state index contributed by atoms with van der Waals surface area (Å²) >= 11 is 0. The molecular formula is C6H14Cl2N2O2. The summed E-state index contributed by atoms with van der Waals surface area (Å²) in [6.45, 7) is 4.79. The molecule has 1 aliphatic heterocycles. The highest BCUT2D eigenvalue weighted by Crippen LogP contribution is 1.92. The quantitative estimate of drug-likeness (QED) is 0.681. The summed E-state index contributed by atoms with van der Waals surface area (Å²) in [5, 5.41) is 4.83. The zero-order valence-corrected chi connectivity index (χ0v) is 8.54. The topological polar surface area (TPSA) is 41.6 Å². The maximum Gasteiger partial charge on any atom is 0.322 e. The Morgan fingerprint density at radius 2 is 1.83 bits per heavy atom. The van der Waals surface area contributed by atoms with E-state index in [4.69, 9.17) is 4.84 Å². The number of hydrogen-bond acceptors (Lipinski definition) is 4. The van der Waals surface area contributed by atoms with E-state index < -0.39 is 0 Å². The largest absolute Gasteiger partial charge is 0.368 e. The van der Waals surface area contributed by atoms with E-state index in [9.17, 15) is 4.79 Å². The third-order valence-corrected chi connectivity index (χ3v) is 1.33. The van der Waals surface area contributed by atoms with E-state index in [2.05, 4.69) is 5.32 Å². The Bertz CT molecular complexity index is 129. The maximum atomic E-state index is 10.4. The molecular weight excluding hydrogens is 203 g/mol. The minimum atomic E-state index is -0.234. The van der Waals surface area contributed by atoms with E-state index in [1.165, 1.54) is 6.92 Å². The number of nitrogens with zero attached hydrogens (tertiary/aromatic N) is 1. The lowest BCUT2D eigenvalue weighted by atomic mass is 10.4. The van der Waals surface area contributed by atoms with Crippen LogP contribution in [0.3, 0.4) is 0 Å². The first-order valence-corrected chi connectivity index (χ1v) is 3.43. The van der Waals surface area contributed by atoms with Crippen molar-refractivity contribution in [1.29, 1.82) is 0 Å². The minimum absolute atomic E-state index is 0. The molecule has 0 aliphatic carbocycles. The SMILES string of the molecule is CC(=O)ON1CCNCC1.Cl.Cl. The smallest absolute Gasteiger partial charge is 0.322 e. The molecule has 0 saturated carbocycles. The molecule has 6 heteroatoms. The Kier molecular flexibility index (Phi) is 9.19. The third-order valence-electron chi connectivity index (χ3n) is 1.33. The summed E-state index contributed by atoms with van der Waals surface area (Å²) in [4.78, 5) is 15.3. The summed E-state index contributed by atoms with van der Waals surface area (Å²) in [5.74, 6) is -0.234. The lowest BCUT2D eigenvalue weighted by Gasteiger charge is -2.24. The summed E-state index contributed by atoms with van der Waals surface area (Å²) in [6, 6.07) is 0. The van der Waals surface area contributed by atoms with Gasteiger partial charge < -0.3 is 10.2 Å². The highest BCUT2D eigenvalue weighted by atomic mass is 35.5. The second kappa shape index (κ2) is 7.61. The van der Waals surface area contributed by atoms with Gasteiger partial charge in [-0.2, -0.15) is 0 Å². The summed E-state index contributed by atoms with van der Waals surface area (Å²) in [6.07, 6.45) is 0. The Balaban J connectivity index is 0. The van der Waals surface area contributed by atoms with Crippen LogP contribution in [0.25, 0.3) is 0 Å². The molecule has 1 aliphatic rings. The molecule has 0 aromatic rings. The summed E-state index contributed by atoms with van der Waals surface area (Å²) in [5.41, 5.74) is 0. The van der Waals surface area contributed by atoms with Gasteiger partial charge >= 0.3 is 5.97 Å². The molecule has 4 nitrogen and oxygen atoms in total. The fraction of sp³-hybridized carbons (Fsp3) is 0.833. The van der Waals surface area contributed by atoms with Gasteiger partial charge in [0.15, 0.2) is 0 Å². The van der Waals surface area contributed by atoms with Gasteiger partial charge in [-0.1, -0.05) is 0 Å². The van der Waals surface area contributed by atoms with Gasteiger partial charge in [0.25, 0.3) is 0 Å². The zero-order chi connectivity index (χ0) is 7.40. The van der Waals surface area contributed by atoms with Crippen molar-refractivity contribution in [2.45, 2.75) is 6.92 Å². The number of halogens is 2. The number of piperazine rings is 1. The van der Waals surface area contributed by atoms with Crippen LogP contribution >= 0.6 is 24.8 Å². The Morgan fingerprint density at radius 3 is 2.25 bits per heavy atom. The van der Waals surface area contributed by atoms with Crippen molar-refractivity contribution in [3.05, 3.63) is 0 Å². The van der Waals surface area contributed by atoms with E-state index >= 15 is 0 Å². The third kappa shape index (κ3) is 5.60. The normalized spacial score (nSPS) is 17.1. The van der Waals surface area contributed by atoms with Crippen molar-refractivity contribution in [2.75, 3.05) is 26.2 Å². The van der Waals surface area contributed by atoms with Crippen LogP contribution in [-0.4, -0.2) is 37.2 Å². The number of hydrogen-bond donors (Lipinski definition) is 1. The van der Waals surface area contributed by atoms with Gasteiger partial charge in [-0.25, -0.2) is 0 Å². The van der Waals surface area contributed by atoms with E-state index in [0.29, 0.717) is 0 Å². The lowest BCUT2D eigenvalue weighted by molar-refractivity contribution is -0.189. The van der Waals surface area contributed by atoms with E-state index in [1.54, 1.807) is 5.06 Å². The Hall–Kier alpha value is -0.0300. The molecule has 0 spiro atoms. The van der Waals surface area contributed by atoms with Crippen LogP contribution in [0.5, 0.6) is 0 Å². The number of carbonyl (C=O) groups excluding carboxylic acids is 1. The molecule has 0 atom stereocenters. The highest BCUT2D eigenvalue weighted by Gasteiger charge is 2.11. The first-order chi connectivity index (χ1) is 4.79. The molecule has 0 bridgehead atoms. The Morgan fingerprint density at radius 1 is 1.33 bits per heavy atom. The van der Waals surface area contributed by atoms with E-state index in [-0.39, 0.29) is 30.8 Å². The van der Waals surface area contributed by atoms with Gasteiger partial charge in [-0.3, -0.25) is 4.79 Å². The molecule has 1 N–H and O–H groups in total. The second-order valence-corrected chi connectivity index (χ2v) is 2.26. The zero-order valence-electron chi connectivity index (χ0n) is 6.91. The van der Waals surface area contributed by atoms with Crippen molar-refractivity contribution in [3.63, 3.8) is 0 Å². The number of carbonyl (C=O) groups is 1. The Labute approximate surface area is 84.4 Å². The first-order valence-electron chi connectivity index (χ1n) is 3.43. The standard InChI is InChI=1S/C6H12N2O2.2ClH/c1-6(9)10-8-4-2-7-3-5-8;;/h7H,2-5H2,1H3;2*1H. The van der Waals surface area contributed by atoms with Crippen LogP contribution < -0.4 is 5.32 Å². The van der Waals surface area contributed by atoms with Crippen molar-refractivity contribution < 1.29 is 9.63 Å². The molecule has 0 aromatic carbocycles. The number of rotatable bonds is 1. The molecule has 1 saturated heterocycles. The van der Waals surface area contributed by atoms with Gasteiger partial charge in [0.2, 0.25) is 0 Å². The number of hydroxylamine groups is 2. The molecule has 74 valence electrons.